The zero-order valence-electron chi connectivity index (χ0n) is 17.5. The Morgan fingerprint density at radius 1 is 0.970 bits per heavy atom. The van der Waals surface area contributed by atoms with Gasteiger partial charge in [0.05, 0.1) is 23.5 Å². The molecule has 3 aromatic heterocycles. The molecule has 0 atom stereocenters. The van der Waals surface area contributed by atoms with E-state index in [1.165, 1.54) is 18.5 Å². The Hall–Kier alpha value is -3.83. The number of pyridine rings is 1. The molecule has 1 aromatic carbocycles. The van der Waals surface area contributed by atoms with Crippen molar-refractivity contribution in [2.24, 2.45) is 5.14 Å². The first-order valence-corrected chi connectivity index (χ1v) is 11.8. The van der Waals surface area contributed by atoms with E-state index in [4.69, 9.17) is 14.5 Å². The number of carbonyl (C=O) groups excluding carboxylic acids is 1. The maximum atomic E-state index is 12.5. The summed E-state index contributed by atoms with van der Waals surface area (Å²) in [6.07, 6.45) is 6.00. The minimum atomic E-state index is -3.85. The number of benzene rings is 1. The minimum Gasteiger partial charge on any atom is -0.459 e. The van der Waals surface area contributed by atoms with Gasteiger partial charge in [0.2, 0.25) is 10.0 Å². The molecule has 5 rings (SSSR count). The molecule has 1 fully saturated rings. The van der Waals surface area contributed by atoms with Crippen molar-refractivity contribution in [1.29, 1.82) is 0 Å². The van der Waals surface area contributed by atoms with Crippen LogP contribution in [-0.2, 0) is 10.0 Å². The predicted octanol–water partition coefficient (Wildman–Crippen LogP) is 1.89. The Balaban J connectivity index is 1.37. The number of nitrogens with two attached hydrogens (primary N) is 1. The van der Waals surface area contributed by atoms with Crippen LogP contribution in [0.1, 0.15) is 10.6 Å². The third-order valence-corrected chi connectivity index (χ3v) is 6.41. The first-order chi connectivity index (χ1) is 15.9. The Labute approximate surface area is 189 Å². The van der Waals surface area contributed by atoms with Gasteiger partial charge in [-0.2, -0.15) is 0 Å². The Morgan fingerprint density at radius 2 is 1.79 bits per heavy atom. The molecule has 0 aliphatic carbocycles. The molecule has 168 valence electrons. The largest absolute Gasteiger partial charge is 0.459 e. The molecule has 11 heteroatoms. The van der Waals surface area contributed by atoms with Gasteiger partial charge in [-0.15, -0.1) is 0 Å². The molecule has 2 N–H and O–H groups in total. The van der Waals surface area contributed by atoms with Crippen LogP contribution in [-0.4, -0.2) is 60.4 Å². The van der Waals surface area contributed by atoms with E-state index >= 15 is 0 Å². The Morgan fingerprint density at radius 3 is 2.52 bits per heavy atom. The van der Waals surface area contributed by atoms with Crippen LogP contribution in [0, 0.1) is 0 Å². The van der Waals surface area contributed by atoms with Crippen molar-refractivity contribution in [3.05, 3.63) is 67.0 Å². The van der Waals surface area contributed by atoms with E-state index in [0.29, 0.717) is 54.4 Å². The lowest BCUT2D eigenvalue weighted by atomic mass is 10.1. The van der Waals surface area contributed by atoms with Crippen molar-refractivity contribution in [2.75, 3.05) is 31.1 Å². The van der Waals surface area contributed by atoms with E-state index in [9.17, 15) is 13.2 Å². The van der Waals surface area contributed by atoms with Gasteiger partial charge in [-0.05, 0) is 35.9 Å². The van der Waals surface area contributed by atoms with E-state index in [1.54, 1.807) is 29.4 Å². The summed E-state index contributed by atoms with van der Waals surface area (Å²) in [4.78, 5) is 29.5. The van der Waals surface area contributed by atoms with Crippen molar-refractivity contribution in [3.63, 3.8) is 0 Å². The first-order valence-electron chi connectivity index (χ1n) is 10.2. The number of anilines is 1. The molecule has 1 saturated heterocycles. The fourth-order valence-electron chi connectivity index (χ4n) is 3.76. The van der Waals surface area contributed by atoms with Crippen molar-refractivity contribution in [1.82, 2.24) is 19.9 Å². The molecule has 0 spiro atoms. The summed E-state index contributed by atoms with van der Waals surface area (Å²) in [5.41, 5.74) is 2.74. The highest BCUT2D eigenvalue weighted by molar-refractivity contribution is 7.89. The zero-order valence-corrected chi connectivity index (χ0v) is 18.3. The second-order valence-electron chi connectivity index (χ2n) is 7.64. The SMILES string of the molecule is NS(=O)(=O)c1cncc(-c2ccc3ncc(N4CCN(C(=O)c5ccco5)CC4)nc3c2)c1. The Bertz CT molecular complexity index is 1430. The molecule has 10 nitrogen and oxygen atoms in total. The van der Waals surface area contributed by atoms with Crippen LogP contribution >= 0.6 is 0 Å². The lowest BCUT2D eigenvalue weighted by Gasteiger charge is -2.34. The standard InChI is InChI=1S/C22H20N6O4S/c23-33(30,31)17-10-16(12-24-13-17)15-3-4-18-19(11-15)26-21(14-25-18)27-5-7-28(8-6-27)22(29)20-2-1-9-32-20/h1-4,9-14H,5-8H2,(H2,23,30,31). The lowest BCUT2D eigenvalue weighted by Crippen LogP contribution is -2.49. The van der Waals surface area contributed by atoms with E-state index in [1.807, 2.05) is 18.2 Å². The summed E-state index contributed by atoms with van der Waals surface area (Å²) >= 11 is 0. The third-order valence-electron chi connectivity index (χ3n) is 5.53. The molecule has 1 amide bonds. The summed E-state index contributed by atoms with van der Waals surface area (Å²) in [5.74, 6) is 0.924. The van der Waals surface area contributed by atoms with Gasteiger partial charge in [0.1, 0.15) is 10.7 Å². The number of nitrogens with zero attached hydrogens (tertiary/aromatic N) is 5. The van der Waals surface area contributed by atoms with Gasteiger partial charge in [0.25, 0.3) is 5.91 Å². The maximum Gasteiger partial charge on any atom is 0.289 e. The van der Waals surface area contributed by atoms with Crippen LogP contribution in [0.5, 0.6) is 0 Å². The molecule has 0 bridgehead atoms. The smallest absolute Gasteiger partial charge is 0.289 e. The second kappa shape index (κ2) is 8.26. The molecule has 1 aliphatic rings. The number of piperazine rings is 1. The van der Waals surface area contributed by atoms with Crippen LogP contribution in [0.25, 0.3) is 22.2 Å². The number of hydrogen-bond acceptors (Lipinski definition) is 8. The van der Waals surface area contributed by atoms with Crippen LogP contribution in [0.4, 0.5) is 5.82 Å². The topological polar surface area (TPSA) is 136 Å². The predicted molar refractivity (Wildman–Crippen MR) is 121 cm³/mol. The summed E-state index contributed by atoms with van der Waals surface area (Å²) in [6.45, 7) is 2.33. The summed E-state index contributed by atoms with van der Waals surface area (Å²) in [7, 11) is -3.85. The van der Waals surface area contributed by atoms with Gasteiger partial charge in [-0.25, -0.2) is 18.5 Å². The number of primary sulfonamides is 1. The molecule has 0 unspecified atom stereocenters. The van der Waals surface area contributed by atoms with E-state index in [2.05, 4.69) is 14.9 Å². The van der Waals surface area contributed by atoms with E-state index < -0.39 is 10.0 Å². The van der Waals surface area contributed by atoms with Crippen molar-refractivity contribution in [3.8, 4) is 11.1 Å². The highest BCUT2D eigenvalue weighted by Crippen LogP contribution is 2.25. The molecule has 0 radical (unpaired) electrons. The highest BCUT2D eigenvalue weighted by Gasteiger charge is 2.24. The van der Waals surface area contributed by atoms with E-state index in [0.717, 1.165) is 5.56 Å². The van der Waals surface area contributed by atoms with Gasteiger partial charge in [0, 0.05) is 44.1 Å². The molecular formula is C22H20N6O4S. The zero-order chi connectivity index (χ0) is 23.0. The average Bonchev–Trinajstić information content (AvgIpc) is 3.38. The lowest BCUT2D eigenvalue weighted by molar-refractivity contribution is 0.0714. The number of aromatic nitrogens is 3. The van der Waals surface area contributed by atoms with Crippen LogP contribution in [0.15, 0.2) is 70.6 Å². The van der Waals surface area contributed by atoms with Gasteiger partial charge in [0.15, 0.2) is 5.76 Å². The number of amides is 1. The third kappa shape index (κ3) is 4.28. The number of fused-ring (bicyclic) bond motifs is 1. The molecule has 33 heavy (non-hydrogen) atoms. The first kappa shape index (κ1) is 21.0. The normalized spacial score (nSPS) is 14.6. The number of rotatable bonds is 4. The van der Waals surface area contributed by atoms with Gasteiger partial charge in [-0.3, -0.25) is 14.8 Å². The number of sulfonamides is 1. The van der Waals surface area contributed by atoms with Crippen LogP contribution in [0.2, 0.25) is 0 Å². The number of furan rings is 1. The van der Waals surface area contributed by atoms with Crippen LogP contribution in [0.3, 0.4) is 0 Å². The second-order valence-corrected chi connectivity index (χ2v) is 9.20. The summed E-state index contributed by atoms with van der Waals surface area (Å²) in [5, 5.41) is 5.23. The monoisotopic (exact) mass is 464 g/mol. The average molecular weight is 465 g/mol. The van der Waals surface area contributed by atoms with Crippen molar-refractivity contribution >= 4 is 32.8 Å². The molecular weight excluding hydrogens is 444 g/mol. The van der Waals surface area contributed by atoms with Gasteiger partial charge in [-0.1, -0.05) is 6.07 Å². The number of hydrogen-bond donors (Lipinski definition) is 1. The van der Waals surface area contributed by atoms with E-state index in [-0.39, 0.29) is 10.8 Å². The minimum absolute atomic E-state index is 0.0538. The highest BCUT2D eigenvalue weighted by atomic mass is 32.2. The molecule has 4 aromatic rings. The summed E-state index contributed by atoms with van der Waals surface area (Å²) < 4.78 is 28.5. The van der Waals surface area contributed by atoms with Crippen LogP contribution < -0.4 is 10.0 Å². The molecule has 4 heterocycles. The quantitative estimate of drug-likeness (QED) is 0.484. The van der Waals surface area contributed by atoms with Gasteiger partial charge >= 0.3 is 0 Å². The van der Waals surface area contributed by atoms with Crippen molar-refractivity contribution < 1.29 is 17.6 Å². The van der Waals surface area contributed by atoms with Gasteiger partial charge < -0.3 is 14.2 Å². The summed E-state index contributed by atoms with van der Waals surface area (Å²) in [6, 6.07) is 10.3. The Kier molecular flexibility index (Phi) is 5.27. The molecule has 1 aliphatic heterocycles. The number of carbonyl (C=O) groups is 1. The van der Waals surface area contributed by atoms with Crippen molar-refractivity contribution in [2.45, 2.75) is 4.90 Å². The molecule has 0 saturated carbocycles. The maximum absolute atomic E-state index is 12.5. The fraction of sp³-hybridized carbons (Fsp3) is 0.182. The fourth-order valence-corrected chi connectivity index (χ4v) is 4.26.